The Labute approximate surface area is 220 Å². The molecule has 0 atom stereocenters. The van der Waals surface area contributed by atoms with E-state index in [-0.39, 0.29) is 18.7 Å². The molecule has 0 heterocycles. The van der Waals surface area contributed by atoms with E-state index in [9.17, 15) is 9.59 Å². The standard InChI is InChI=1S/C31H40N2O4/c1-2-3-4-5-6-7-8-23-11-18-28(19-12-23)37-31(35)25-14-9-24(10-15-25)13-20-30(34)36-22-26-16-17-27(32)21-29(26)33/h2,9-10,13-17,20-21,23,28H,1,3-8,11-12,18-19,22,32-33H2. The summed E-state index contributed by atoms with van der Waals surface area (Å²) in [5, 5.41) is 0. The number of ether oxygens (including phenoxy) is 2. The monoisotopic (exact) mass is 504 g/mol. The van der Waals surface area contributed by atoms with Gasteiger partial charge >= 0.3 is 11.9 Å². The van der Waals surface area contributed by atoms with Crippen molar-refractivity contribution in [2.45, 2.75) is 76.9 Å². The SMILES string of the molecule is C=CCCCCCCC1CCC(OC(=O)c2ccc(C=CC(=O)OCc3ccc(N)cc3N)cc2)CC1. The van der Waals surface area contributed by atoms with Crippen LogP contribution in [0.2, 0.25) is 0 Å². The van der Waals surface area contributed by atoms with Crippen molar-refractivity contribution >= 4 is 29.4 Å². The molecule has 0 radical (unpaired) electrons. The number of carbonyl (C=O) groups is 2. The van der Waals surface area contributed by atoms with Crippen LogP contribution >= 0.6 is 0 Å². The number of nitrogen functional groups attached to an aromatic ring is 2. The van der Waals surface area contributed by atoms with Crippen molar-refractivity contribution in [1.82, 2.24) is 0 Å². The highest BCUT2D eigenvalue weighted by atomic mass is 16.5. The lowest BCUT2D eigenvalue weighted by Gasteiger charge is -2.28. The summed E-state index contributed by atoms with van der Waals surface area (Å²) in [6.45, 7) is 3.84. The molecule has 0 aliphatic heterocycles. The van der Waals surface area contributed by atoms with Crippen LogP contribution in [0.25, 0.3) is 6.08 Å². The number of unbranched alkanes of at least 4 members (excludes halogenated alkanes) is 4. The maximum Gasteiger partial charge on any atom is 0.338 e. The fourth-order valence-electron chi connectivity index (χ4n) is 4.67. The molecule has 2 aromatic carbocycles. The first kappa shape index (κ1) is 28.0. The van der Waals surface area contributed by atoms with Crippen LogP contribution in [0.4, 0.5) is 11.4 Å². The average Bonchev–Trinajstić information content (AvgIpc) is 2.90. The third kappa shape index (κ3) is 9.79. The van der Waals surface area contributed by atoms with Crippen molar-refractivity contribution < 1.29 is 19.1 Å². The van der Waals surface area contributed by atoms with E-state index in [0.29, 0.717) is 22.5 Å². The molecule has 2 aromatic rings. The molecule has 3 rings (SSSR count). The van der Waals surface area contributed by atoms with Crippen molar-refractivity contribution in [3.05, 3.63) is 77.9 Å². The zero-order chi connectivity index (χ0) is 26.5. The van der Waals surface area contributed by atoms with Crippen LogP contribution < -0.4 is 11.5 Å². The van der Waals surface area contributed by atoms with Crippen LogP contribution in [0.15, 0.2) is 61.2 Å². The summed E-state index contributed by atoms with van der Waals surface area (Å²) in [5.74, 6) is -0.0133. The lowest BCUT2D eigenvalue weighted by atomic mass is 9.84. The second-order valence-electron chi connectivity index (χ2n) is 9.85. The highest BCUT2D eigenvalue weighted by Gasteiger charge is 2.24. The van der Waals surface area contributed by atoms with Crippen LogP contribution in [0.3, 0.4) is 0 Å². The maximum absolute atomic E-state index is 12.6. The normalized spacial score (nSPS) is 17.4. The number of rotatable bonds is 13. The molecule has 0 aromatic heterocycles. The molecule has 0 spiro atoms. The zero-order valence-corrected chi connectivity index (χ0v) is 21.7. The van der Waals surface area contributed by atoms with Gasteiger partial charge in [-0.1, -0.05) is 50.0 Å². The number of anilines is 2. The molecule has 6 heteroatoms. The Morgan fingerprint density at radius 1 is 0.946 bits per heavy atom. The van der Waals surface area contributed by atoms with E-state index >= 15 is 0 Å². The third-order valence-corrected chi connectivity index (χ3v) is 6.94. The van der Waals surface area contributed by atoms with Gasteiger partial charge in [-0.25, -0.2) is 9.59 Å². The van der Waals surface area contributed by atoms with Gasteiger partial charge in [-0.15, -0.1) is 6.58 Å². The lowest BCUT2D eigenvalue weighted by molar-refractivity contribution is -0.138. The summed E-state index contributed by atoms with van der Waals surface area (Å²) >= 11 is 0. The van der Waals surface area contributed by atoms with Crippen molar-refractivity contribution in [1.29, 1.82) is 0 Å². The van der Waals surface area contributed by atoms with E-state index < -0.39 is 5.97 Å². The molecule has 1 fully saturated rings. The Morgan fingerprint density at radius 2 is 1.68 bits per heavy atom. The molecule has 6 nitrogen and oxygen atoms in total. The Kier molecular flexibility index (Phi) is 11.3. The van der Waals surface area contributed by atoms with E-state index in [0.717, 1.165) is 43.6 Å². The van der Waals surface area contributed by atoms with Crippen molar-refractivity contribution in [2.24, 2.45) is 5.92 Å². The second-order valence-corrected chi connectivity index (χ2v) is 9.85. The van der Waals surface area contributed by atoms with Gasteiger partial charge in [0, 0.05) is 23.0 Å². The van der Waals surface area contributed by atoms with Gasteiger partial charge in [-0.05, 0) is 80.3 Å². The lowest BCUT2D eigenvalue weighted by Crippen LogP contribution is -2.24. The van der Waals surface area contributed by atoms with E-state index in [1.54, 1.807) is 48.5 Å². The number of hydrogen-bond acceptors (Lipinski definition) is 6. The van der Waals surface area contributed by atoms with Gasteiger partial charge in [0.1, 0.15) is 12.7 Å². The molecule has 0 bridgehead atoms. The predicted octanol–water partition coefficient (Wildman–Crippen LogP) is 6.85. The molecule has 1 aliphatic carbocycles. The average molecular weight is 505 g/mol. The largest absolute Gasteiger partial charge is 0.459 e. The maximum atomic E-state index is 12.6. The molecule has 0 amide bonds. The van der Waals surface area contributed by atoms with Crippen LogP contribution in [0.5, 0.6) is 0 Å². The first-order chi connectivity index (χ1) is 17.9. The first-order valence-electron chi connectivity index (χ1n) is 13.3. The van der Waals surface area contributed by atoms with Gasteiger partial charge in [0.25, 0.3) is 0 Å². The fourth-order valence-corrected chi connectivity index (χ4v) is 4.67. The smallest absolute Gasteiger partial charge is 0.338 e. The van der Waals surface area contributed by atoms with Crippen molar-refractivity contribution in [3.8, 4) is 0 Å². The highest BCUT2D eigenvalue weighted by molar-refractivity contribution is 5.90. The summed E-state index contributed by atoms with van der Waals surface area (Å²) in [5.41, 5.74) is 14.6. The number of allylic oxidation sites excluding steroid dienone is 1. The quantitative estimate of drug-likeness (QED) is 0.102. The number of esters is 2. The van der Waals surface area contributed by atoms with Gasteiger partial charge < -0.3 is 20.9 Å². The molecule has 37 heavy (non-hydrogen) atoms. The number of benzene rings is 2. The third-order valence-electron chi connectivity index (χ3n) is 6.94. The van der Waals surface area contributed by atoms with Gasteiger partial charge in [-0.2, -0.15) is 0 Å². The van der Waals surface area contributed by atoms with E-state index in [1.165, 1.54) is 38.2 Å². The van der Waals surface area contributed by atoms with Crippen LogP contribution in [-0.2, 0) is 20.9 Å². The first-order valence-corrected chi connectivity index (χ1v) is 13.3. The van der Waals surface area contributed by atoms with Crippen molar-refractivity contribution in [2.75, 3.05) is 11.5 Å². The molecule has 0 unspecified atom stereocenters. The Balaban J connectivity index is 1.36. The Morgan fingerprint density at radius 3 is 2.38 bits per heavy atom. The van der Waals surface area contributed by atoms with Crippen LogP contribution in [-0.4, -0.2) is 18.0 Å². The van der Waals surface area contributed by atoms with E-state index in [4.69, 9.17) is 20.9 Å². The van der Waals surface area contributed by atoms with Gasteiger partial charge in [0.15, 0.2) is 0 Å². The molecule has 1 saturated carbocycles. The minimum Gasteiger partial charge on any atom is -0.459 e. The molecule has 198 valence electrons. The van der Waals surface area contributed by atoms with E-state index in [2.05, 4.69) is 6.58 Å². The summed E-state index contributed by atoms with van der Waals surface area (Å²) in [6.07, 6.45) is 16.7. The molecular weight excluding hydrogens is 464 g/mol. The second kappa shape index (κ2) is 14.9. The van der Waals surface area contributed by atoms with Gasteiger partial charge in [-0.3, -0.25) is 0 Å². The molecule has 4 N–H and O–H groups in total. The summed E-state index contributed by atoms with van der Waals surface area (Å²) < 4.78 is 11.0. The summed E-state index contributed by atoms with van der Waals surface area (Å²) in [4.78, 5) is 24.6. The highest BCUT2D eigenvalue weighted by Crippen LogP contribution is 2.30. The summed E-state index contributed by atoms with van der Waals surface area (Å²) in [6, 6.07) is 12.1. The van der Waals surface area contributed by atoms with E-state index in [1.807, 2.05) is 6.08 Å². The van der Waals surface area contributed by atoms with Gasteiger partial charge in [0.2, 0.25) is 0 Å². The Bertz CT molecular complexity index is 1050. The van der Waals surface area contributed by atoms with Crippen molar-refractivity contribution in [3.63, 3.8) is 0 Å². The molecule has 1 aliphatic rings. The predicted molar refractivity (Wildman–Crippen MR) is 150 cm³/mol. The zero-order valence-electron chi connectivity index (χ0n) is 21.7. The number of carbonyl (C=O) groups excluding carboxylic acids is 2. The number of hydrogen-bond donors (Lipinski definition) is 2. The molecule has 0 saturated heterocycles. The fraction of sp³-hybridized carbons (Fsp3) is 0.419. The van der Waals surface area contributed by atoms with Gasteiger partial charge in [0.05, 0.1) is 5.56 Å². The molecular formula is C31H40N2O4. The number of nitrogens with two attached hydrogens (primary N) is 2. The minimum absolute atomic E-state index is 0.000719. The Hall–Kier alpha value is -3.54. The van der Waals surface area contributed by atoms with Crippen LogP contribution in [0, 0.1) is 5.92 Å². The summed E-state index contributed by atoms with van der Waals surface area (Å²) in [7, 11) is 0. The van der Waals surface area contributed by atoms with Crippen LogP contribution in [0.1, 0.15) is 85.7 Å². The topological polar surface area (TPSA) is 105 Å². The minimum atomic E-state index is -0.483.